The highest BCUT2D eigenvalue weighted by Crippen LogP contribution is 2.28. The van der Waals surface area contributed by atoms with Crippen molar-refractivity contribution in [1.82, 2.24) is 0 Å². The number of nitrogens with one attached hydrogen (secondary N) is 1. The molecule has 1 amide bonds. The fraction of sp³-hybridized carbons (Fsp3) is 0.409. The first-order chi connectivity index (χ1) is 13.5. The van der Waals surface area contributed by atoms with Crippen molar-refractivity contribution in [1.29, 1.82) is 0 Å². The van der Waals surface area contributed by atoms with Gasteiger partial charge in [0.05, 0.1) is 11.9 Å². The van der Waals surface area contributed by atoms with Crippen molar-refractivity contribution in [3.63, 3.8) is 0 Å². The molecule has 7 heteroatoms. The second-order valence-corrected chi connectivity index (χ2v) is 9.44. The van der Waals surface area contributed by atoms with Gasteiger partial charge in [-0.15, -0.1) is 0 Å². The number of carbonyl (C=O) groups excluding carboxylic acids is 1. The number of para-hydroxylation sites is 1. The quantitative estimate of drug-likeness (QED) is 0.693. The summed E-state index contributed by atoms with van der Waals surface area (Å²) < 4.78 is 30.4. The fourth-order valence-electron chi connectivity index (χ4n) is 2.96. The van der Waals surface area contributed by atoms with Crippen molar-refractivity contribution in [2.45, 2.75) is 46.1 Å². The van der Waals surface area contributed by atoms with Crippen LogP contribution in [0.2, 0.25) is 0 Å². The van der Waals surface area contributed by atoms with Gasteiger partial charge in [0.25, 0.3) is 5.91 Å². The van der Waals surface area contributed by atoms with Crippen molar-refractivity contribution in [3.8, 4) is 5.75 Å². The van der Waals surface area contributed by atoms with E-state index < -0.39 is 16.1 Å². The van der Waals surface area contributed by atoms with Gasteiger partial charge in [-0.1, -0.05) is 39.0 Å². The molecule has 0 bridgehead atoms. The number of rotatable bonds is 8. The molecule has 6 nitrogen and oxygen atoms in total. The molecule has 1 N–H and O–H groups in total. The Bertz CT molecular complexity index is 953. The van der Waals surface area contributed by atoms with Crippen LogP contribution in [0.25, 0.3) is 0 Å². The molecule has 0 heterocycles. The third kappa shape index (κ3) is 5.73. The smallest absolute Gasteiger partial charge is 0.265 e. The van der Waals surface area contributed by atoms with E-state index in [1.165, 1.54) is 11.4 Å². The number of carbonyl (C=O) groups is 1. The van der Waals surface area contributed by atoms with Gasteiger partial charge in [0.1, 0.15) is 5.75 Å². The van der Waals surface area contributed by atoms with E-state index in [9.17, 15) is 13.2 Å². The van der Waals surface area contributed by atoms with Crippen molar-refractivity contribution in [3.05, 3.63) is 53.6 Å². The van der Waals surface area contributed by atoms with Gasteiger partial charge in [0.15, 0.2) is 6.10 Å². The summed E-state index contributed by atoms with van der Waals surface area (Å²) >= 11 is 0. The number of nitrogens with zero attached hydrogens (tertiary/aromatic N) is 1. The molecule has 0 fully saturated rings. The standard InChI is InChI=1S/C22H30N2O4S/c1-7-20(22(25)23-21-16(4)9-8-10-19(21)15(2)3)28-18-13-11-17(12-14-18)24(5)29(6,26)27/h8-15,20H,7H2,1-6H3,(H,23,25)/t20-/m1/s1. The van der Waals surface area contributed by atoms with E-state index in [4.69, 9.17) is 4.74 Å². The average Bonchev–Trinajstić information content (AvgIpc) is 2.66. The second kappa shape index (κ2) is 9.31. The average molecular weight is 419 g/mol. The lowest BCUT2D eigenvalue weighted by Crippen LogP contribution is -2.33. The molecule has 0 spiro atoms. The number of sulfonamides is 1. The van der Waals surface area contributed by atoms with Gasteiger partial charge < -0.3 is 10.1 Å². The summed E-state index contributed by atoms with van der Waals surface area (Å²) in [6.07, 6.45) is 0.985. The van der Waals surface area contributed by atoms with E-state index in [0.29, 0.717) is 17.9 Å². The maximum Gasteiger partial charge on any atom is 0.265 e. The van der Waals surface area contributed by atoms with Gasteiger partial charge >= 0.3 is 0 Å². The third-order valence-corrected chi connectivity index (χ3v) is 6.02. The summed E-state index contributed by atoms with van der Waals surface area (Å²) in [7, 11) is -1.84. The van der Waals surface area contributed by atoms with Crippen LogP contribution >= 0.6 is 0 Å². The van der Waals surface area contributed by atoms with Crippen molar-refractivity contribution >= 4 is 27.3 Å². The minimum atomic E-state index is -3.33. The number of aryl methyl sites for hydroxylation is 1. The Morgan fingerprint density at radius 2 is 1.76 bits per heavy atom. The molecular formula is C22H30N2O4S. The molecule has 0 aliphatic carbocycles. The van der Waals surface area contributed by atoms with Crippen LogP contribution in [-0.4, -0.2) is 33.7 Å². The lowest BCUT2D eigenvalue weighted by atomic mass is 9.98. The molecule has 2 rings (SSSR count). The molecule has 2 aromatic rings. The Kier molecular flexibility index (Phi) is 7.30. The van der Waals surface area contributed by atoms with E-state index in [-0.39, 0.29) is 11.8 Å². The van der Waals surface area contributed by atoms with E-state index in [1.54, 1.807) is 24.3 Å². The molecule has 0 saturated heterocycles. The predicted molar refractivity (Wildman–Crippen MR) is 118 cm³/mol. The van der Waals surface area contributed by atoms with Crippen LogP contribution in [0.3, 0.4) is 0 Å². The number of benzene rings is 2. The summed E-state index contributed by atoms with van der Waals surface area (Å²) in [4.78, 5) is 12.9. The predicted octanol–water partition coefficient (Wildman–Crippen LogP) is 4.31. The number of anilines is 2. The SMILES string of the molecule is CC[C@@H](Oc1ccc(N(C)S(C)(=O)=O)cc1)C(=O)Nc1c(C)cccc1C(C)C. The van der Waals surface area contributed by atoms with Gasteiger partial charge in [-0.05, 0) is 54.7 Å². The van der Waals surface area contributed by atoms with Crippen molar-refractivity contribution in [2.24, 2.45) is 0 Å². The molecule has 29 heavy (non-hydrogen) atoms. The van der Waals surface area contributed by atoms with Crippen LogP contribution in [0.15, 0.2) is 42.5 Å². The highest BCUT2D eigenvalue weighted by atomic mass is 32.2. The summed E-state index contributed by atoms with van der Waals surface area (Å²) in [5, 5.41) is 3.03. The van der Waals surface area contributed by atoms with E-state index in [2.05, 4.69) is 19.2 Å². The van der Waals surface area contributed by atoms with Crippen LogP contribution in [0.4, 0.5) is 11.4 Å². The molecule has 158 valence electrons. The first-order valence-corrected chi connectivity index (χ1v) is 11.5. The summed E-state index contributed by atoms with van der Waals surface area (Å²) in [5.74, 6) is 0.582. The molecule has 2 aromatic carbocycles. The highest BCUT2D eigenvalue weighted by Gasteiger charge is 2.21. The maximum absolute atomic E-state index is 12.9. The maximum atomic E-state index is 12.9. The zero-order valence-corrected chi connectivity index (χ0v) is 18.7. The second-order valence-electron chi connectivity index (χ2n) is 7.42. The molecule has 0 unspecified atom stereocenters. The normalized spacial score (nSPS) is 12.5. The fourth-order valence-corrected chi connectivity index (χ4v) is 3.46. The van der Waals surface area contributed by atoms with Crippen molar-refractivity contribution in [2.75, 3.05) is 22.9 Å². The Hall–Kier alpha value is -2.54. The Morgan fingerprint density at radius 3 is 2.28 bits per heavy atom. The lowest BCUT2D eigenvalue weighted by molar-refractivity contribution is -0.122. The minimum Gasteiger partial charge on any atom is -0.481 e. The van der Waals surface area contributed by atoms with E-state index in [0.717, 1.165) is 23.1 Å². The lowest BCUT2D eigenvalue weighted by Gasteiger charge is -2.21. The van der Waals surface area contributed by atoms with Crippen LogP contribution in [0.1, 0.15) is 44.2 Å². The van der Waals surface area contributed by atoms with Crippen LogP contribution in [0, 0.1) is 6.92 Å². The topological polar surface area (TPSA) is 75.7 Å². The largest absolute Gasteiger partial charge is 0.481 e. The van der Waals surface area contributed by atoms with Gasteiger partial charge in [-0.3, -0.25) is 9.10 Å². The molecule has 0 aromatic heterocycles. The van der Waals surface area contributed by atoms with Gasteiger partial charge in [-0.25, -0.2) is 8.42 Å². The molecule has 1 atom stereocenters. The zero-order valence-electron chi connectivity index (χ0n) is 17.9. The van der Waals surface area contributed by atoms with Crippen LogP contribution in [0.5, 0.6) is 5.75 Å². The monoisotopic (exact) mass is 418 g/mol. The molecule has 0 radical (unpaired) electrons. The first kappa shape index (κ1) is 22.7. The molecule has 0 aliphatic rings. The molecular weight excluding hydrogens is 388 g/mol. The summed E-state index contributed by atoms with van der Waals surface area (Å²) in [5.41, 5.74) is 3.45. The number of amides is 1. The Morgan fingerprint density at radius 1 is 1.14 bits per heavy atom. The van der Waals surface area contributed by atoms with Crippen LogP contribution in [-0.2, 0) is 14.8 Å². The van der Waals surface area contributed by atoms with Gasteiger partial charge in [0.2, 0.25) is 10.0 Å². The van der Waals surface area contributed by atoms with E-state index >= 15 is 0 Å². The molecule has 0 saturated carbocycles. The van der Waals surface area contributed by atoms with Crippen molar-refractivity contribution < 1.29 is 17.9 Å². The number of hydrogen-bond donors (Lipinski definition) is 1. The third-order valence-electron chi connectivity index (χ3n) is 4.81. The minimum absolute atomic E-state index is 0.207. The summed E-state index contributed by atoms with van der Waals surface area (Å²) in [6, 6.07) is 12.6. The number of hydrogen-bond acceptors (Lipinski definition) is 4. The Labute approximate surface area is 173 Å². The zero-order chi connectivity index (χ0) is 21.8. The Balaban J connectivity index is 2.16. The van der Waals surface area contributed by atoms with Gasteiger partial charge in [-0.2, -0.15) is 0 Å². The van der Waals surface area contributed by atoms with Crippen LogP contribution < -0.4 is 14.4 Å². The molecule has 0 aliphatic heterocycles. The summed E-state index contributed by atoms with van der Waals surface area (Å²) in [6.45, 7) is 8.04. The van der Waals surface area contributed by atoms with E-state index in [1.807, 2.05) is 32.0 Å². The first-order valence-electron chi connectivity index (χ1n) is 9.65. The highest BCUT2D eigenvalue weighted by molar-refractivity contribution is 7.92. The number of ether oxygens (including phenoxy) is 1. The van der Waals surface area contributed by atoms with Gasteiger partial charge in [0, 0.05) is 12.7 Å².